The third-order valence-corrected chi connectivity index (χ3v) is 4.38. The number of rotatable bonds is 1. The smallest absolute Gasteiger partial charge is 0.126 e. The summed E-state index contributed by atoms with van der Waals surface area (Å²) < 4.78 is 13.9. The van der Waals surface area contributed by atoms with Crippen LogP contribution in [0, 0.1) is 5.82 Å². The van der Waals surface area contributed by atoms with Crippen molar-refractivity contribution in [3.8, 4) is 0 Å². The minimum absolute atomic E-state index is 0.234. The molecule has 1 unspecified atom stereocenters. The second-order valence-corrected chi connectivity index (χ2v) is 5.54. The van der Waals surface area contributed by atoms with Crippen molar-refractivity contribution < 1.29 is 9.50 Å². The van der Waals surface area contributed by atoms with Gasteiger partial charge in [0.15, 0.2) is 0 Å². The fourth-order valence-corrected chi connectivity index (χ4v) is 3.26. The molecule has 0 amide bonds. The Kier molecular flexibility index (Phi) is 2.59. The number of aliphatic hydroxyl groups is 1. The van der Waals surface area contributed by atoms with Gasteiger partial charge in [-0.05, 0) is 47.7 Å². The average Bonchev–Trinajstić information content (AvgIpc) is 2.87. The van der Waals surface area contributed by atoms with E-state index in [1.807, 2.05) is 36.4 Å². The number of benzene rings is 2. The second kappa shape index (κ2) is 4.37. The van der Waals surface area contributed by atoms with E-state index in [2.05, 4.69) is 4.98 Å². The van der Waals surface area contributed by atoms with Crippen LogP contribution in [-0.4, -0.2) is 10.1 Å². The maximum absolute atomic E-state index is 13.9. The molecule has 3 aromatic rings. The summed E-state index contributed by atoms with van der Waals surface area (Å²) >= 11 is 0. The van der Waals surface area contributed by atoms with Gasteiger partial charge in [-0.25, -0.2) is 4.39 Å². The van der Waals surface area contributed by atoms with Crippen LogP contribution in [-0.2, 0) is 12.0 Å². The summed E-state index contributed by atoms with van der Waals surface area (Å²) in [5.41, 5.74) is 1.80. The van der Waals surface area contributed by atoms with Gasteiger partial charge < -0.3 is 5.11 Å². The number of halogens is 1. The van der Waals surface area contributed by atoms with Crippen LogP contribution in [0.25, 0.3) is 10.9 Å². The van der Waals surface area contributed by atoms with Gasteiger partial charge in [-0.1, -0.05) is 30.3 Å². The largest absolute Gasteiger partial charge is 0.380 e. The highest BCUT2D eigenvalue weighted by Crippen LogP contribution is 2.43. The molecule has 0 fully saturated rings. The zero-order valence-corrected chi connectivity index (χ0v) is 11.4. The van der Waals surface area contributed by atoms with Gasteiger partial charge in [-0.2, -0.15) is 0 Å². The molecule has 104 valence electrons. The molecule has 1 heterocycles. The van der Waals surface area contributed by atoms with Crippen LogP contribution >= 0.6 is 0 Å². The molecule has 1 aromatic heterocycles. The van der Waals surface area contributed by atoms with Gasteiger partial charge in [0, 0.05) is 11.6 Å². The second-order valence-electron chi connectivity index (χ2n) is 5.54. The van der Waals surface area contributed by atoms with E-state index in [0.29, 0.717) is 24.0 Å². The highest BCUT2D eigenvalue weighted by atomic mass is 19.1. The Bertz CT molecular complexity index is 845. The lowest BCUT2D eigenvalue weighted by atomic mass is 9.87. The van der Waals surface area contributed by atoms with Gasteiger partial charge in [0.2, 0.25) is 0 Å². The Balaban J connectivity index is 1.91. The fourth-order valence-electron chi connectivity index (χ4n) is 3.26. The van der Waals surface area contributed by atoms with Crippen LogP contribution in [0.2, 0.25) is 0 Å². The van der Waals surface area contributed by atoms with Crippen molar-refractivity contribution >= 4 is 10.9 Å². The Morgan fingerprint density at radius 2 is 2.00 bits per heavy atom. The first-order valence-electron chi connectivity index (χ1n) is 7.04. The highest BCUT2D eigenvalue weighted by Gasteiger charge is 2.39. The first-order chi connectivity index (χ1) is 10.2. The quantitative estimate of drug-likeness (QED) is 0.739. The molecule has 0 spiro atoms. The van der Waals surface area contributed by atoms with E-state index in [9.17, 15) is 9.50 Å². The number of hydrogen-bond donors (Lipinski definition) is 1. The lowest BCUT2D eigenvalue weighted by molar-refractivity contribution is 0.0830. The molecule has 3 heteroatoms. The number of fused-ring (bicyclic) bond motifs is 2. The Labute approximate surface area is 121 Å². The molecular weight excluding hydrogens is 265 g/mol. The Morgan fingerprint density at radius 3 is 2.90 bits per heavy atom. The normalized spacial score (nSPS) is 20.7. The predicted octanol–water partition coefficient (Wildman–Crippen LogP) is 3.56. The maximum atomic E-state index is 13.9. The minimum Gasteiger partial charge on any atom is -0.380 e. The standard InChI is InChI=1S/C18H14FNO/c19-16-5-1-4-15-14(16)8-9-18(15,21)13-7-6-12-3-2-10-20-17(12)11-13/h1-7,10-11,21H,8-9H2. The number of pyridine rings is 1. The fraction of sp³-hybridized carbons (Fsp3) is 0.167. The van der Waals surface area contributed by atoms with Gasteiger partial charge in [-0.15, -0.1) is 0 Å². The summed E-state index contributed by atoms with van der Waals surface area (Å²) in [6, 6.07) is 14.5. The van der Waals surface area contributed by atoms with E-state index < -0.39 is 5.60 Å². The average molecular weight is 279 g/mol. The molecule has 1 N–H and O–H groups in total. The van der Waals surface area contributed by atoms with Crippen molar-refractivity contribution in [1.29, 1.82) is 0 Å². The molecule has 0 radical (unpaired) electrons. The molecule has 0 saturated carbocycles. The van der Waals surface area contributed by atoms with E-state index in [0.717, 1.165) is 16.5 Å². The van der Waals surface area contributed by atoms with E-state index in [1.54, 1.807) is 12.3 Å². The molecule has 4 rings (SSSR count). The summed E-state index contributed by atoms with van der Waals surface area (Å²) in [6.45, 7) is 0. The van der Waals surface area contributed by atoms with Crippen molar-refractivity contribution in [3.63, 3.8) is 0 Å². The van der Waals surface area contributed by atoms with Crippen LogP contribution in [0.1, 0.15) is 23.1 Å². The molecule has 21 heavy (non-hydrogen) atoms. The zero-order valence-electron chi connectivity index (χ0n) is 11.4. The predicted molar refractivity (Wildman–Crippen MR) is 79.5 cm³/mol. The van der Waals surface area contributed by atoms with Crippen LogP contribution in [0.3, 0.4) is 0 Å². The van der Waals surface area contributed by atoms with Crippen LogP contribution in [0.15, 0.2) is 54.7 Å². The number of nitrogens with zero attached hydrogens (tertiary/aromatic N) is 1. The molecular formula is C18H14FNO. The maximum Gasteiger partial charge on any atom is 0.126 e. The summed E-state index contributed by atoms with van der Waals surface area (Å²) in [5, 5.41) is 12.1. The van der Waals surface area contributed by atoms with Gasteiger partial charge in [-0.3, -0.25) is 4.98 Å². The molecule has 1 aliphatic rings. The van der Waals surface area contributed by atoms with Crippen LogP contribution in [0.4, 0.5) is 4.39 Å². The minimum atomic E-state index is -1.12. The van der Waals surface area contributed by atoms with E-state index >= 15 is 0 Å². The monoisotopic (exact) mass is 279 g/mol. The molecule has 1 aliphatic carbocycles. The molecule has 1 atom stereocenters. The zero-order chi connectivity index (χ0) is 14.4. The van der Waals surface area contributed by atoms with Gasteiger partial charge >= 0.3 is 0 Å². The van der Waals surface area contributed by atoms with Gasteiger partial charge in [0.25, 0.3) is 0 Å². The number of hydrogen-bond acceptors (Lipinski definition) is 2. The summed E-state index contributed by atoms with van der Waals surface area (Å²) in [5.74, 6) is -0.234. The summed E-state index contributed by atoms with van der Waals surface area (Å²) in [7, 11) is 0. The SMILES string of the molecule is OC1(c2ccc3cccnc3c2)CCc2c(F)cccc21. The molecule has 0 saturated heterocycles. The van der Waals surface area contributed by atoms with Crippen LogP contribution in [0.5, 0.6) is 0 Å². The lowest BCUT2D eigenvalue weighted by Crippen LogP contribution is -2.23. The molecule has 2 nitrogen and oxygen atoms in total. The summed E-state index contributed by atoms with van der Waals surface area (Å²) in [4.78, 5) is 4.33. The topological polar surface area (TPSA) is 33.1 Å². The third-order valence-electron chi connectivity index (χ3n) is 4.38. The van der Waals surface area contributed by atoms with E-state index in [4.69, 9.17) is 0 Å². The Hall–Kier alpha value is -2.26. The third kappa shape index (κ3) is 1.78. The van der Waals surface area contributed by atoms with Gasteiger partial charge in [0.1, 0.15) is 11.4 Å². The van der Waals surface area contributed by atoms with E-state index in [1.165, 1.54) is 6.07 Å². The molecule has 2 aromatic carbocycles. The van der Waals surface area contributed by atoms with Crippen LogP contribution < -0.4 is 0 Å². The van der Waals surface area contributed by atoms with Crippen molar-refractivity contribution in [2.24, 2.45) is 0 Å². The van der Waals surface area contributed by atoms with E-state index in [-0.39, 0.29) is 5.82 Å². The highest BCUT2D eigenvalue weighted by molar-refractivity contribution is 5.79. The molecule has 0 aliphatic heterocycles. The van der Waals surface area contributed by atoms with Crippen molar-refractivity contribution in [2.45, 2.75) is 18.4 Å². The van der Waals surface area contributed by atoms with Crippen molar-refractivity contribution in [2.75, 3.05) is 0 Å². The van der Waals surface area contributed by atoms with Crippen molar-refractivity contribution in [1.82, 2.24) is 4.98 Å². The first-order valence-corrected chi connectivity index (χ1v) is 7.04. The molecule has 0 bridgehead atoms. The van der Waals surface area contributed by atoms with Crippen molar-refractivity contribution in [3.05, 3.63) is 77.2 Å². The lowest BCUT2D eigenvalue weighted by Gasteiger charge is -2.25. The van der Waals surface area contributed by atoms with Gasteiger partial charge in [0.05, 0.1) is 5.52 Å². The first kappa shape index (κ1) is 12.5. The summed E-state index contributed by atoms with van der Waals surface area (Å²) in [6.07, 6.45) is 2.79. The number of aromatic nitrogens is 1. The Morgan fingerprint density at radius 1 is 1.10 bits per heavy atom.